The maximum atomic E-state index is 9.86. The van der Waals surface area contributed by atoms with E-state index in [4.69, 9.17) is 21.1 Å². The van der Waals surface area contributed by atoms with Crippen LogP contribution in [0.5, 0.6) is 0 Å². The highest BCUT2D eigenvalue weighted by atomic mass is 35.5. The molecule has 1 aromatic carbocycles. The number of hydrogen-bond donors (Lipinski definition) is 2. The number of ether oxygens (including phenoxy) is 2. The quantitative estimate of drug-likeness (QED) is 0.735. The van der Waals surface area contributed by atoms with Gasteiger partial charge >= 0.3 is 0 Å². The minimum atomic E-state index is -0.538. The van der Waals surface area contributed by atoms with E-state index in [0.29, 0.717) is 19.8 Å². The molecule has 0 aliphatic rings. The van der Waals surface area contributed by atoms with Crippen LogP contribution in [0, 0.1) is 0 Å². The zero-order chi connectivity index (χ0) is 15.0. The van der Waals surface area contributed by atoms with Gasteiger partial charge in [0.15, 0.2) is 0 Å². The van der Waals surface area contributed by atoms with Gasteiger partial charge in [-0.05, 0) is 31.5 Å². The molecule has 4 nitrogen and oxygen atoms in total. The molecule has 0 fully saturated rings. The van der Waals surface area contributed by atoms with Gasteiger partial charge in [-0.3, -0.25) is 0 Å². The van der Waals surface area contributed by atoms with E-state index in [1.54, 1.807) is 7.11 Å². The van der Waals surface area contributed by atoms with Crippen molar-refractivity contribution in [1.29, 1.82) is 0 Å². The maximum Gasteiger partial charge on any atom is 0.0898 e. The lowest BCUT2D eigenvalue weighted by Crippen LogP contribution is -2.33. The molecule has 20 heavy (non-hydrogen) atoms. The number of halogens is 1. The molecule has 0 saturated carbocycles. The van der Waals surface area contributed by atoms with Crippen molar-refractivity contribution >= 4 is 11.6 Å². The van der Waals surface area contributed by atoms with Crippen molar-refractivity contribution in [3.8, 4) is 0 Å². The number of nitrogens with one attached hydrogen (secondary N) is 1. The standard InChI is InChI=1S/C15H24ClNO3/c1-11(9-19-3)20-10-15(18)8-17-12(2)13-4-6-14(16)7-5-13/h4-7,11-12,15,17-18H,8-10H2,1-3H3/t11?,12-,15?/m1/s1. The second-order valence-corrected chi connectivity index (χ2v) is 5.37. The van der Waals surface area contributed by atoms with Crippen LogP contribution in [-0.2, 0) is 9.47 Å². The van der Waals surface area contributed by atoms with Crippen molar-refractivity contribution in [2.45, 2.75) is 32.1 Å². The Morgan fingerprint density at radius 2 is 1.85 bits per heavy atom. The topological polar surface area (TPSA) is 50.7 Å². The average molecular weight is 302 g/mol. The average Bonchev–Trinajstić information content (AvgIpc) is 2.43. The maximum absolute atomic E-state index is 9.86. The fraction of sp³-hybridized carbons (Fsp3) is 0.600. The van der Waals surface area contributed by atoms with Crippen LogP contribution in [0.15, 0.2) is 24.3 Å². The molecule has 3 atom stereocenters. The van der Waals surface area contributed by atoms with Crippen LogP contribution in [-0.4, -0.2) is 44.2 Å². The Bertz CT molecular complexity index is 372. The Hall–Kier alpha value is -0.650. The van der Waals surface area contributed by atoms with Gasteiger partial charge in [0.2, 0.25) is 0 Å². The molecule has 1 rings (SSSR count). The Labute approximate surface area is 126 Å². The smallest absolute Gasteiger partial charge is 0.0898 e. The Balaban J connectivity index is 2.26. The number of aliphatic hydroxyl groups excluding tert-OH is 1. The highest BCUT2D eigenvalue weighted by Gasteiger charge is 2.10. The molecule has 0 heterocycles. The molecule has 1 aromatic rings. The van der Waals surface area contributed by atoms with Gasteiger partial charge in [-0.1, -0.05) is 23.7 Å². The summed E-state index contributed by atoms with van der Waals surface area (Å²) in [6, 6.07) is 7.83. The van der Waals surface area contributed by atoms with Crippen LogP contribution in [0.4, 0.5) is 0 Å². The zero-order valence-corrected chi connectivity index (χ0v) is 13.1. The first-order chi connectivity index (χ1) is 9.52. The second-order valence-electron chi connectivity index (χ2n) is 4.93. The number of methoxy groups -OCH3 is 1. The minimum absolute atomic E-state index is 0.0108. The van der Waals surface area contributed by atoms with Gasteiger partial charge in [-0.2, -0.15) is 0 Å². The van der Waals surface area contributed by atoms with Crippen LogP contribution in [0.3, 0.4) is 0 Å². The molecule has 114 valence electrons. The van der Waals surface area contributed by atoms with Crippen molar-refractivity contribution in [3.63, 3.8) is 0 Å². The van der Waals surface area contributed by atoms with Crippen molar-refractivity contribution in [2.24, 2.45) is 0 Å². The summed E-state index contributed by atoms with van der Waals surface area (Å²) in [7, 11) is 1.63. The van der Waals surface area contributed by atoms with Gasteiger partial charge in [0.1, 0.15) is 0 Å². The molecule has 0 aliphatic carbocycles. The van der Waals surface area contributed by atoms with E-state index >= 15 is 0 Å². The fourth-order valence-electron chi connectivity index (χ4n) is 1.80. The van der Waals surface area contributed by atoms with E-state index in [0.717, 1.165) is 10.6 Å². The molecule has 0 radical (unpaired) electrons. The number of aliphatic hydroxyl groups is 1. The molecular formula is C15H24ClNO3. The first-order valence-electron chi connectivity index (χ1n) is 6.80. The molecule has 2 unspecified atom stereocenters. The van der Waals surface area contributed by atoms with Gasteiger partial charge in [-0.25, -0.2) is 0 Å². The predicted molar refractivity (Wildman–Crippen MR) is 81.2 cm³/mol. The third-order valence-electron chi connectivity index (χ3n) is 3.00. The minimum Gasteiger partial charge on any atom is -0.389 e. The Morgan fingerprint density at radius 3 is 2.45 bits per heavy atom. The van der Waals surface area contributed by atoms with Crippen LogP contribution in [0.1, 0.15) is 25.5 Å². The van der Waals surface area contributed by atoms with Gasteiger partial charge in [0, 0.05) is 24.7 Å². The number of hydrogen-bond acceptors (Lipinski definition) is 4. The lowest BCUT2D eigenvalue weighted by Gasteiger charge is -2.19. The highest BCUT2D eigenvalue weighted by molar-refractivity contribution is 6.30. The third-order valence-corrected chi connectivity index (χ3v) is 3.26. The van der Waals surface area contributed by atoms with Crippen LogP contribution in [0.25, 0.3) is 0 Å². The predicted octanol–water partition coefficient (Wildman–Crippen LogP) is 2.40. The lowest BCUT2D eigenvalue weighted by molar-refractivity contribution is -0.0315. The monoisotopic (exact) mass is 301 g/mol. The second kappa shape index (κ2) is 9.32. The number of benzene rings is 1. The van der Waals surface area contributed by atoms with Crippen LogP contribution >= 0.6 is 11.6 Å². The van der Waals surface area contributed by atoms with Gasteiger partial charge < -0.3 is 19.9 Å². The molecule has 2 N–H and O–H groups in total. The molecule has 0 amide bonds. The van der Waals surface area contributed by atoms with E-state index < -0.39 is 6.10 Å². The van der Waals surface area contributed by atoms with Crippen molar-refractivity contribution < 1.29 is 14.6 Å². The first kappa shape index (κ1) is 17.4. The van der Waals surface area contributed by atoms with Crippen LogP contribution in [0.2, 0.25) is 5.02 Å². The highest BCUT2D eigenvalue weighted by Crippen LogP contribution is 2.15. The molecule has 0 spiro atoms. The van der Waals surface area contributed by atoms with Crippen molar-refractivity contribution in [1.82, 2.24) is 5.32 Å². The molecule has 5 heteroatoms. The molecule has 0 aromatic heterocycles. The van der Waals surface area contributed by atoms with Crippen molar-refractivity contribution in [3.05, 3.63) is 34.9 Å². The summed E-state index contributed by atoms with van der Waals surface area (Å²) in [5.74, 6) is 0. The van der Waals surface area contributed by atoms with Gasteiger partial charge in [0.05, 0.1) is 25.4 Å². The summed E-state index contributed by atoms with van der Waals surface area (Å²) in [5.41, 5.74) is 1.13. The summed E-state index contributed by atoms with van der Waals surface area (Å²) >= 11 is 5.85. The summed E-state index contributed by atoms with van der Waals surface area (Å²) in [4.78, 5) is 0. The molecule has 0 bridgehead atoms. The normalized spacial score (nSPS) is 15.8. The van der Waals surface area contributed by atoms with Gasteiger partial charge in [0.25, 0.3) is 0 Å². The summed E-state index contributed by atoms with van der Waals surface area (Å²) in [5, 5.41) is 13.8. The van der Waals surface area contributed by atoms with E-state index in [-0.39, 0.29) is 12.1 Å². The fourth-order valence-corrected chi connectivity index (χ4v) is 1.93. The van der Waals surface area contributed by atoms with E-state index in [1.807, 2.05) is 38.1 Å². The Kier molecular flexibility index (Phi) is 8.11. The summed E-state index contributed by atoms with van der Waals surface area (Å²) in [6.07, 6.45) is -0.549. The van der Waals surface area contributed by atoms with Crippen LogP contribution < -0.4 is 5.32 Å². The summed E-state index contributed by atoms with van der Waals surface area (Å²) in [6.45, 7) is 5.26. The number of rotatable bonds is 9. The lowest BCUT2D eigenvalue weighted by atomic mass is 10.1. The van der Waals surface area contributed by atoms with E-state index in [1.165, 1.54) is 0 Å². The van der Waals surface area contributed by atoms with Gasteiger partial charge in [-0.15, -0.1) is 0 Å². The summed E-state index contributed by atoms with van der Waals surface area (Å²) < 4.78 is 10.4. The first-order valence-corrected chi connectivity index (χ1v) is 7.18. The largest absolute Gasteiger partial charge is 0.389 e. The molecule has 0 saturated heterocycles. The van der Waals surface area contributed by atoms with E-state index in [9.17, 15) is 5.11 Å². The molecular weight excluding hydrogens is 278 g/mol. The SMILES string of the molecule is COCC(C)OCC(O)CN[C@H](C)c1ccc(Cl)cc1. The third kappa shape index (κ3) is 6.68. The van der Waals surface area contributed by atoms with Crippen molar-refractivity contribution in [2.75, 3.05) is 26.9 Å². The molecule has 0 aliphatic heterocycles. The van der Waals surface area contributed by atoms with E-state index in [2.05, 4.69) is 5.32 Å². The zero-order valence-electron chi connectivity index (χ0n) is 12.3. The Morgan fingerprint density at radius 1 is 1.20 bits per heavy atom.